The largest absolute Gasteiger partial charge is 0.325 e. The minimum atomic E-state index is -0.260. The Hall–Kier alpha value is -2.51. The van der Waals surface area contributed by atoms with Crippen LogP contribution in [0.15, 0.2) is 51.7 Å². The van der Waals surface area contributed by atoms with Gasteiger partial charge in [0.25, 0.3) is 5.56 Å². The van der Waals surface area contributed by atoms with Gasteiger partial charge in [0.05, 0.1) is 5.52 Å². The van der Waals surface area contributed by atoms with Crippen molar-refractivity contribution in [3.05, 3.63) is 68.7 Å². The number of hydrogen-bond donors (Lipinski definition) is 1. The first-order valence-corrected chi connectivity index (χ1v) is 9.99. The van der Waals surface area contributed by atoms with E-state index in [2.05, 4.69) is 26.2 Å². The molecular formula is C20H16BrN3O2S. The highest BCUT2D eigenvalue weighted by molar-refractivity contribution is 9.10. The van der Waals surface area contributed by atoms with E-state index in [1.165, 1.54) is 15.9 Å². The first-order chi connectivity index (χ1) is 12.9. The van der Waals surface area contributed by atoms with Gasteiger partial charge < -0.3 is 5.32 Å². The van der Waals surface area contributed by atoms with Crippen LogP contribution in [0.2, 0.25) is 0 Å². The summed E-state index contributed by atoms with van der Waals surface area (Å²) in [7, 11) is 0. The molecule has 5 nitrogen and oxygen atoms in total. The summed E-state index contributed by atoms with van der Waals surface area (Å²) >= 11 is 4.85. The third-order valence-corrected chi connectivity index (χ3v) is 6.45. The second-order valence-electron chi connectivity index (χ2n) is 6.34. The van der Waals surface area contributed by atoms with Gasteiger partial charge in [-0.3, -0.25) is 14.2 Å². The lowest BCUT2D eigenvalue weighted by Gasteiger charge is -2.11. The second kappa shape index (κ2) is 6.90. The van der Waals surface area contributed by atoms with Crippen LogP contribution in [0, 0.1) is 13.8 Å². The Morgan fingerprint density at radius 2 is 2.00 bits per heavy atom. The molecule has 0 atom stereocenters. The van der Waals surface area contributed by atoms with Crippen molar-refractivity contribution in [3.8, 4) is 0 Å². The van der Waals surface area contributed by atoms with Crippen molar-refractivity contribution < 1.29 is 4.79 Å². The fourth-order valence-electron chi connectivity index (χ4n) is 3.03. The predicted molar refractivity (Wildman–Crippen MR) is 114 cm³/mol. The van der Waals surface area contributed by atoms with Gasteiger partial charge >= 0.3 is 0 Å². The van der Waals surface area contributed by atoms with Gasteiger partial charge in [0.2, 0.25) is 5.91 Å². The molecule has 0 aliphatic carbocycles. The first kappa shape index (κ1) is 17.9. The molecule has 2 aromatic heterocycles. The third-order valence-electron chi connectivity index (χ3n) is 4.42. The molecule has 4 aromatic rings. The summed E-state index contributed by atoms with van der Waals surface area (Å²) < 4.78 is 4.00. The number of aromatic nitrogens is 2. The number of halogens is 1. The number of anilines is 1. The van der Waals surface area contributed by atoms with E-state index >= 15 is 0 Å². The van der Waals surface area contributed by atoms with E-state index in [9.17, 15) is 9.59 Å². The minimum absolute atomic E-state index is 0.0725. The summed E-state index contributed by atoms with van der Waals surface area (Å²) in [5.41, 5.74) is 2.25. The van der Waals surface area contributed by atoms with Gasteiger partial charge in [-0.1, -0.05) is 34.1 Å². The Kier molecular flexibility index (Phi) is 4.57. The van der Waals surface area contributed by atoms with E-state index in [0.29, 0.717) is 21.7 Å². The predicted octanol–water partition coefficient (Wildman–Crippen LogP) is 4.63. The zero-order valence-electron chi connectivity index (χ0n) is 14.7. The Bertz CT molecular complexity index is 1260. The number of benzene rings is 2. The van der Waals surface area contributed by atoms with E-state index in [4.69, 9.17) is 0 Å². The molecule has 0 saturated heterocycles. The topological polar surface area (TPSA) is 64.0 Å². The van der Waals surface area contributed by atoms with Crippen molar-refractivity contribution in [3.63, 3.8) is 0 Å². The molecule has 27 heavy (non-hydrogen) atoms. The van der Waals surface area contributed by atoms with Crippen LogP contribution in [0.25, 0.3) is 20.3 Å². The van der Waals surface area contributed by atoms with Crippen LogP contribution in [0.4, 0.5) is 5.69 Å². The minimum Gasteiger partial charge on any atom is -0.325 e. The van der Waals surface area contributed by atoms with Crippen LogP contribution < -0.4 is 10.9 Å². The summed E-state index contributed by atoms with van der Waals surface area (Å²) in [4.78, 5) is 30.0. The molecule has 1 amide bonds. The van der Waals surface area contributed by atoms with Crippen molar-refractivity contribution in [2.75, 3.05) is 5.32 Å². The number of fused-ring (bicyclic) bond motifs is 3. The lowest BCUT2D eigenvalue weighted by Crippen LogP contribution is -2.29. The molecule has 136 valence electrons. The average Bonchev–Trinajstić information content (AvgIpc) is 3.01. The zero-order valence-corrected chi connectivity index (χ0v) is 17.1. The number of amides is 1. The Balaban J connectivity index is 1.69. The first-order valence-electron chi connectivity index (χ1n) is 8.39. The molecule has 0 fully saturated rings. The van der Waals surface area contributed by atoms with Gasteiger partial charge in [-0.05, 0) is 43.7 Å². The molecule has 2 aromatic carbocycles. The molecule has 4 rings (SSSR count). The molecule has 0 bridgehead atoms. The second-order valence-corrected chi connectivity index (χ2v) is 8.24. The quantitative estimate of drug-likeness (QED) is 0.503. The molecule has 0 radical (unpaired) electrons. The van der Waals surface area contributed by atoms with Gasteiger partial charge in [0.15, 0.2) is 0 Å². The smallest absolute Gasteiger partial charge is 0.272 e. The van der Waals surface area contributed by atoms with Crippen LogP contribution in [-0.2, 0) is 11.3 Å². The Morgan fingerprint density at radius 3 is 2.78 bits per heavy atom. The number of nitrogens with zero attached hydrogens (tertiary/aromatic N) is 2. The number of thiophene rings is 1. The Labute approximate surface area is 167 Å². The summed E-state index contributed by atoms with van der Waals surface area (Å²) in [5.74, 6) is 0.266. The lowest BCUT2D eigenvalue weighted by atomic mass is 10.2. The van der Waals surface area contributed by atoms with Crippen LogP contribution in [0.1, 0.15) is 11.4 Å². The maximum Gasteiger partial charge on any atom is 0.272 e. The molecule has 0 aliphatic heterocycles. The number of hydrogen-bond acceptors (Lipinski definition) is 4. The number of carbonyl (C=O) groups is 1. The highest BCUT2D eigenvalue weighted by Crippen LogP contribution is 2.30. The molecule has 0 saturated carbocycles. The number of nitrogens with one attached hydrogen (secondary N) is 1. The molecule has 2 heterocycles. The van der Waals surface area contributed by atoms with E-state index in [-0.39, 0.29) is 18.0 Å². The SMILES string of the molecule is Cc1cc(NC(=O)Cn2c(C)nc3c(sc4ccccc43)c2=O)ccc1Br. The maximum atomic E-state index is 13.0. The molecule has 0 aliphatic rings. The van der Waals surface area contributed by atoms with Gasteiger partial charge in [-0.15, -0.1) is 11.3 Å². The molecule has 1 N–H and O–H groups in total. The van der Waals surface area contributed by atoms with Crippen LogP contribution in [-0.4, -0.2) is 15.5 Å². The van der Waals surface area contributed by atoms with Crippen molar-refractivity contribution in [1.82, 2.24) is 9.55 Å². The van der Waals surface area contributed by atoms with Gasteiger partial charge in [-0.25, -0.2) is 4.98 Å². The van der Waals surface area contributed by atoms with E-state index < -0.39 is 0 Å². The summed E-state index contributed by atoms with van der Waals surface area (Å²) in [6.07, 6.45) is 0. The molecular weight excluding hydrogens is 426 g/mol. The van der Waals surface area contributed by atoms with E-state index in [1.807, 2.05) is 49.4 Å². The van der Waals surface area contributed by atoms with Crippen LogP contribution in [0.3, 0.4) is 0 Å². The fourth-order valence-corrected chi connectivity index (χ4v) is 4.37. The van der Waals surface area contributed by atoms with Gasteiger partial charge in [0.1, 0.15) is 17.1 Å². The van der Waals surface area contributed by atoms with E-state index in [0.717, 1.165) is 20.1 Å². The average molecular weight is 442 g/mol. The number of aryl methyl sites for hydroxylation is 2. The van der Waals surface area contributed by atoms with Crippen molar-refractivity contribution in [2.45, 2.75) is 20.4 Å². The zero-order chi connectivity index (χ0) is 19.1. The van der Waals surface area contributed by atoms with Gasteiger partial charge in [0, 0.05) is 20.2 Å². The van der Waals surface area contributed by atoms with Crippen LogP contribution in [0.5, 0.6) is 0 Å². The normalized spacial score (nSPS) is 11.2. The van der Waals surface area contributed by atoms with Crippen molar-refractivity contribution >= 4 is 59.2 Å². The monoisotopic (exact) mass is 441 g/mol. The molecule has 7 heteroatoms. The lowest BCUT2D eigenvalue weighted by molar-refractivity contribution is -0.116. The van der Waals surface area contributed by atoms with Crippen molar-refractivity contribution in [2.24, 2.45) is 0 Å². The molecule has 0 spiro atoms. The summed E-state index contributed by atoms with van der Waals surface area (Å²) in [6.45, 7) is 3.63. The third kappa shape index (κ3) is 3.28. The van der Waals surface area contributed by atoms with Crippen LogP contribution >= 0.6 is 27.3 Å². The fraction of sp³-hybridized carbons (Fsp3) is 0.150. The highest BCUT2D eigenvalue weighted by atomic mass is 79.9. The number of carbonyl (C=O) groups excluding carboxylic acids is 1. The van der Waals surface area contributed by atoms with Gasteiger partial charge in [-0.2, -0.15) is 0 Å². The Morgan fingerprint density at radius 1 is 1.22 bits per heavy atom. The standard InChI is InChI=1S/C20H16BrN3O2S/c1-11-9-13(7-8-15(11)21)23-17(25)10-24-12(2)22-18-14-5-3-4-6-16(14)27-19(18)20(24)26/h3-9H,10H2,1-2H3,(H,23,25). The van der Waals surface area contributed by atoms with Crippen molar-refractivity contribution in [1.29, 1.82) is 0 Å². The summed E-state index contributed by atoms with van der Waals surface area (Å²) in [6, 6.07) is 13.4. The molecule has 0 unspecified atom stereocenters. The number of rotatable bonds is 3. The van der Waals surface area contributed by atoms with E-state index in [1.54, 1.807) is 6.92 Å². The maximum absolute atomic E-state index is 13.0. The summed E-state index contributed by atoms with van der Waals surface area (Å²) in [5, 5.41) is 3.82. The highest BCUT2D eigenvalue weighted by Gasteiger charge is 2.16.